The van der Waals surface area contributed by atoms with Crippen molar-refractivity contribution in [3.05, 3.63) is 17.7 Å². The molecule has 0 aliphatic rings. The molecule has 8 heteroatoms. The van der Waals surface area contributed by atoms with Gasteiger partial charge in [-0.05, 0) is 30.7 Å². The van der Waals surface area contributed by atoms with E-state index in [0.717, 1.165) is 6.42 Å². The summed E-state index contributed by atoms with van der Waals surface area (Å²) in [5.74, 6) is -0.288. The van der Waals surface area contributed by atoms with Crippen molar-refractivity contribution in [2.24, 2.45) is 0 Å². The Morgan fingerprint density at radius 3 is 2.89 bits per heavy atom. The molecule has 2 aromatic heterocycles. The number of nitrogens with one attached hydrogen (secondary N) is 2. The number of rotatable bonds is 5. The number of tetrazole rings is 1. The normalized spacial score (nSPS) is 12.1. The number of aromatic carboxylic acids is 1. The van der Waals surface area contributed by atoms with Gasteiger partial charge >= 0.3 is 5.97 Å². The largest absolute Gasteiger partial charge is 0.478 e. The van der Waals surface area contributed by atoms with Gasteiger partial charge in [0.25, 0.3) is 0 Å². The van der Waals surface area contributed by atoms with Crippen molar-refractivity contribution in [3.8, 4) is 11.5 Å². The fourth-order valence-electron chi connectivity index (χ4n) is 1.47. The summed E-state index contributed by atoms with van der Waals surface area (Å²) in [7, 11) is 0. The van der Waals surface area contributed by atoms with E-state index in [9.17, 15) is 4.79 Å². The molecule has 2 heterocycles. The van der Waals surface area contributed by atoms with Crippen molar-refractivity contribution < 1.29 is 9.90 Å². The lowest BCUT2D eigenvalue weighted by Crippen LogP contribution is -2.15. The van der Waals surface area contributed by atoms with Gasteiger partial charge in [-0.3, -0.25) is 0 Å². The first kappa shape index (κ1) is 12.9. The third-order valence-corrected chi connectivity index (χ3v) is 2.65. The van der Waals surface area contributed by atoms with E-state index in [1.165, 1.54) is 12.1 Å². The number of H-pyrrole nitrogens is 1. The highest BCUT2D eigenvalue weighted by molar-refractivity contribution is 5.89. The Morgan fingerprint density at radius 1 is 1.53 bits per heavy atom. The first-order valence-corrected chi connectivity index (χ1v) is 5.86. The summed E-state index contributed by atoms with van der Waals surface area (Å²) in [6, 6.07) is 3.09. The Morgan fingerprint density at radius 2 is 2.32 bits per heavy atom. The molecule has 19 heavy (non-hydrogen) atoms. The van der Waals surface area contributed by atoms with Crippen molar-refractivity contribution in [1.82, 2.24) is 25.6 Å². The number of pyridine rings is 1. The van der Waals surface area contributed by atoms with Crippen LogP contribution in [0, 0.1) is 0 Å². The number of hydrogen-bond acceptors (Lipinski definition) is 6. The van der Waals surface area contributed by atoms with Gasteiger partial charge in [-0.1, -0.05) is 6.92 Å². The van der Waals surface area contributed by atoms with E-state index >= 15 is 0 Å². The minimum absolute atomic E-state index is 0.126. The topological polar surface area (TPSA) is 117 Å². The molecule has 100 valence electrons. The maximum Gasteiger partial charge on any atom is 0.335 e. The third kappa shape index (κ3) is 3.03. The Bertz CT molecular complexity index is 569. The lowest BCUT2D eigenvalue weighted by molar-refractivity contribution is 0.0697. The summed E-state index contributed by atoms with van der Waals surface area (Å²) < 4.78 is 0. The van der Waals surface area contributed by atoms with Crippen LogP contribution in [0.25, 0.3) is 11.5 Å². The predicted octanol–water partition coefficient (Wildman–Crippen LogP) is 1.17. The molecule has 2 rings (SSSR count). The molecule has 0 radical (unpaired) electrons. The second kappa shape index (κ2) is 5.42. The maximum atomic E-state index is 11.1. The van der Waals surface area contributed by atoms with E-state index < -0.39 is 5.97 Å². The minimum Gasteiger partial charge on any atom is -0.478 e. The average molecular weight is 262 g/mol. The monoisotopic (exact) mass is 262 g/mol. The molecule has 0 aromatic carbocycles. The smallest absolute Gasteiger partial charge is 0.335 e. The lowest BCUT2D eigenvalue weighted by atomic mass is 10.2. The number of hydrogen-bond donors (Lipinski definition) is 3. The fourth-order valence-corrected chi connectivity index (χ4v) is 1.47. The summed E-state index contributed by atoms with van der Waals surface area (Å²) in [6.45, 7) is 4.02. The van der Waals surface area contributed by atoms with Gasteiger partial charge in [-0.25, -0.2) is 9.78 Å². The van der Waals surface area contributed by atoms with Gasteiger partial charge in [0.15, 0.2) is 0 Å². The van der Waals surface area contributed by atoms with Crippen LogP contribution in [-0.4, -0.2) is 42.7 Å². The summed E-state index contributed by atoms with van der Waals surface area (Å²) in [6.07, 6.45) is 0.899. The summed E-state index contributed by atoms with van der Waals surface area (Å²) in [5, 5.41) is 25.6. The van der Waals surface area contributed by atoms with Crippen LogP contribution >= 0.6 is 0 Å². The number of carboxylic acid groups (broad SMARTS) is 1. The van der Waals surface area contributed by atoms with Crippen LogP contribution in [-0.2, 0) is 0 Å². The van der Waals surface area contributed by atoms with Crippen LogP contribution in [0.5, 0.6) is 0 Å². The van der Waals surface area contributed by atoms with Gasteiger partial charge in [0.1, 0.15) is 11.5 Å². The molecular formula is C11H14N6O2. The molecule has 2 aromatic rings. The summed E-state index contributed by atoms with van der Waals surface area (Å²) >= 11 is 0. The highest BCUT2D eigenvalue weighted by Crippen LogP contribution is 2.18. The second-order valence-corrected chi connectivity index (χ2v) is 4.12. The van der Waals surface area contributed by atoms with Crippen molar-refractivity contribution in [2.75, 3.05) is 5.32 Å². The highest BCUT2D eigenvalue weighted by Gasteiger charge is 2.13. The molecule has 0 saturated heterocycles. The number of carboxylic acids is 1. The van der Waals surface area contributed by atoms with E-state index in [-0.39, 0.29) is 17.4 Å². The zero-order valence-electron chi connectivity index (χ0n) is 10.6. The van der Waals surface area contributed by atoms with Gasteiger partial charge in [-0.15, -0.1) is 10.2 Å². The SMILES string of the molecule is CC[C@H](C)Nc1cc(C(=O)O)cc(-c2nn[nH]n2)n1. The van der Waals surface area contributed by atoms with E-state index in [4.69, 9.17) is 5.11 Å². The van der Waals surface area contributed by atoms with E-state index in [1.54, 1.807) is 0 Å². The first-order chi connectivity index (χ1) is 9.10. The number of carbonyl (C=O) groups is 1. The standard InChI is InChI=1S/C11H14N6O2/c1-3-6(2)12-9-5-7(11(18)19)4-8(13-9)10-14-16-17-15-10/h4-6H,3H2,1-2H3,(H,12,13)(H,18,19)(H,14,15,16,17)/t6-/m0/s1. The van der Waals surface area contributed by atoms with E-state index in [2.05, 4.69) is 30.9 Å². The molecule has 3 N–H and O–H groups in total. The Labute approximate surface area is 109 Å². The van der Waals surface area contributed by atoms with Crippen molar-refractivity contribution >= 4 is 11.8 Å². The number of nitrogens with zero attached hydrogens (tertiary/aromatic N) is 4. The lowest BCUT2D eigenvalue weighted by Gasteiger charge is -2.13. The van der Waals surface area contributed by atoms with Crippen LogP contribution < -0.4 is 5.32 Å². The van der Waals surface area contributed by atoms with Crippen LogP contribution in [0.4, 0.5) is 5.82 Å². The van der Waals surface area contributed by atoms with Gasteiger partial charge < -0.3 is 10.4 Å². The van der Waals surface area contributed by atoms with Crippen molar-refractivity contribution in [1.29, 1.82) is 0 Å². The molecule has 0 aliphatic carbocycles. The van der Waals surface area contributed by atoms with Gasteiger partial charge in [0.05, 0.1) is 5.56 Å². The van der Waals surface area contributed by atoms with Gasteiger partial charge in [-0.2, -0.15) is 5.21 Å². The Kier molecular flexibility index (Phi) is 3.69. The van der Waals surface area contributed by atoms with Crippen molar-refractivity contribution in [3.63, 3.8) is 0 Å². The zero-order valence-corrected chi connectivity index (χ0v) is 10.6. The van der Waals surface area contributed by atoms with Crippen LogP contribution in [0.1, 0.15) is 30.6 Å². The predicted molar refractivity (Wildman–Crippen MR) is 67.7 cm³/mol. The zero-order chi connectivity index (χ0) is 13.8. The number of anilines is 1. The minimum atomic E-state index is -1.03. The molecule has 1 atom stereocenters. The second-order valence-electron chi connectivity index (χ2n) is 4.12. The summed E-state index contributed by atoms with van der Waals surface area (Å²) in [4.78, 5) is 15.4. The fraction of sp³-hybridized carbons (Fsp3) is 0.364. The highest BCUT2D eigenvalue weighted by atomic mass is 16.4. The van der Waals surface area contributed by atoms with Crippen LogP contribution in [0.15, 0.2) is 12.1 Å². The van der Waals surface area contributed by atoms with Crippen molar-refractivity contribution in [2.45, 2.75) is 26.3 Å². The molecule has 0 fully saturated rings. The number of aromatic nitrogens is 5. The van der Waals surface area contributed by atoms with Gasteiger partial charge in [0, 0.05) is 6.04 Å². The maximum absolute atomic E-state index is 11.1. The van der Waals surface area contributed by atoms with Crippen LogP contribution in [0.2, 0.25) is 0 Å². The quantitative estimate of drug-likeness (QED) is 0.740. The van der Waals surface area contributed by atoms with E-state index in [1.807, 2.05) is 13.8 Å². The molecule has 0 bridgehead atoms. The molecule has 0 saturated carbocycles. The summed E-state index contributed by atoms with van der Waals surface area (Å²) in [5.41, 5.74) is 0.486. The molecular weight excluding hydrogens is 248 g/mol. The number of aromatic amines is 1. The molecule has 8 nitrogen and oxygen atoms in total. The molecule has 0 unspecified atom stereocenters. The average Bonchev–Trinajstić information content (AvgIpc) is 2.92. The Hall–Kier alpha value is -2.51. The first-order valence-electron chi connectivity index (χ1n) is 5.86. The molecule has 0 amide bonds. The Balaban J connectivity index is 2.41. The van der Waals surface area contributed by atoms with E-state index in [0.29, 0.717) is 11.5 Å². The third-order valence-electron chi connectivity index (χ3n) is 2.65. The van der Waals surface area contributed by atoms with Gasteiger partial charge in [0.2, 0.25) is 5.82 Å². The molecule has 0 spiro atoms. The van der Waals surface area contributed by atoms with Crippen LogP contribution in [0.3, 0.4) is 0 Å². The molecule has 0 aliphatic heterocycles.